The Balaban J connectivity index is 0.00000225. The van der Waals surface area contributed by atoms with Gasteiger partial charge in [-0.2, -0.15) is 0 Å². The van der Waals surface area contributed by atoms with Crippen LogP contribution in [0.1, 0.15) is 12.0 Å². The van der Waals surface area contributed by atoms with Gasteiger partial charge in [0.15, 0.2) is 6.61 Å². The van der Waals surface area contributed by atoms with Gasteiger partial charge in [-0.1, -0.05) is 23.7 Å². The first-order chi connectivity index (χ1) is 13.5. The lowest BCUT2D eigenvalue weighted by molar-refractivity contribution is -0.138. The van der Waals surface area contributed by atoms with Crippen molar-refractivity contribution < 1.29 is 19.0 Å². The molecule has 0 bridgehead atoms. The van der Waals surface area contributed by atoms with E-state index in [4.69, 9.17) is 16.3 Å². The number of hydrogen-bond acceptors (Lipinski definition) is 4. The molecule has 30 heavy (non-hydrogen) atoms. The first-order valence-electron chi connectivity index (χ1n) is 9.30. The highest BCUT2D eigenvalue weighted by atomic mass is 35.5. The fraction of sp³-hybridized carbons (Fsp3) is 0.381. The van der Waals surface area contributed by atoms with Crippen LogP contribution in [0.3, 0.4) is 0 Å². The molecule has 1 amide bonds. The van der Waals surface area contributed by atoms with Gasteiger partial charge >= 0.3 is 0 Å². The van der Waals surface area contributed by atoms with E-state index in [9.17, 15) is 14.3 Å². The minimum Gasteiger partial charge on any atom is -0.484 e. The van der Waals surface area contributed by atoms with E-state index in [0.717, 1.165) is 5.56 Å². The Kier molecular flexibility index (Phi) is 11.4. The Morgan fingerprint density at radius 3 is 2.40 bits per heavy atom. The predicted molar refractivity (Wildman–Crippen MR) is 120 cm³/mol. The molecule has 1 aliphatic rings. The molecule has 2 aromatic rings. The summed E-state index contributed by atoms with van der Waals surface area (Å²) in [6, 6.07) is 13.2. The number of hydrogen-bond donors (Lipinski definition) is 1. The lowest BCUT2D eigenvalue weighted by Crippen LogP contribution is -2.56. The summed E-state index contributed by atoms with van der Waals surface area (Å²) in [5, 5.41) is 10.0. The van der Waals surface area contributed by atoms with Gasteiger partial charge in [0.2, 0.25) is 0 Å². The van der Waals surface area contributed by atoms with E-state index < -0.39 is 0 Å². The fourth-order valence-electron chi connectivity index (χ4n) is 3.39. The Morgan fingerprint density at radius 2 is 1.77 bits per heavy atom. The average Bonchev–Trinajstić information content (AvgIpc) is 2.70. The Bertz CT molecular complexity index is 778. The number of benzene rings is 2. The molecule has 1 fully saturated rings. The van der Waals surface area contributed by atoms with Gasteiger partial charge in [0.1, 0.15) is 11.6 Å². The van der Waals surface area contributed by atoms with Crippen LogP contribution in [0.4, 0.5) is 4.39 Å². The number of piperazine rings is 1. The lowest BCUT2D eigenvalue weighted by Gasteiger charge is -2.41. The van der Waals surface area contributed by atoms with E-state index in [1.807, 2.05) is 0 Å². The van der Waals surface area contributed by atoms with Crippen LogP contribution in [0.5, 0.6) is 5.75 Å². The maximum Gasteiger partial charge on any atom is 0.260 e. The minimum atomic E-state index is -0.252. The summed E-state index contributed by atoms with van der Waals surface area (Å²) in [7, 11) is 0. The zero-order valence-corrected chi connectivity index (χ0v) is 18.8. The van der Waals surface area contributed by atoms with Gasteiger partial charge in [0, 0.05) is 43.9 Å². The number of carbonyl (C=O) groups is 1. The Labute approximate surface area is 193 Å². The molecule has 0 aliphatic carbocycles. The fourth-order valence-corrected chi connectivity index (χ4v) is 3.52. The molecule has 3 rings (SSSR count). The van der Waals surface area contributed by atoms with E-state index in [2.05, 4.69) is 4.90 Å². The maximum absolute atomic E-state index is 13.1. The topological polar surface area (TPSA) is 53.0 Å². The zero-order chi connectivity index (χ0) is 19.9. The Morgan fingerprint density at radius 1 is 1.10 bits per heavy atom. The van der Waals surface area contributed by atoms with E-state index in [1.165, 1.54) is 12.1 Å². The molecule has 1 N–H and O–H groups in total. The average molecular weight is 480 g/mol. The third-order valence-electron chi connectivity index (χ3n) is 4.84. The maximum atomic E-state index is 13.1. The van der Waals surface area contributed by atoms with Crippen LogP contribution in [0.25, 0.3) is 0 Å². The number of carbonyl (C=O) groups excluding carboxylic acids is 1. The number of amides is 1. The van der Waals surface area contributed by atoms with Crippen molar-refractivity contribution >= 4 is 42.3 Å². The van der Waals surface area contributed by atoms with Crippen molar-refractivity contribution in [1.29, 1.82) is 0 Å². The van der Waals surface area contributed by atoms with Gasteiger partial charge in [-0.05, 0) is 48.4 Å². The molecule has 1 saturated heterocycles. The summed E-state index contributed by atoms with van der Waals surface area (Å²) >= 11 is 5.85. The summed E-state index contributed by atoms with van der Waals surface area (Å²) < 4.78 is 18.7. The van der Waals surface area contributed by atoms with Crippen LogP contribution in [0, 0.1) is 5.82 Å². The van der Waals surface area contributed by atoms with Gasteiger partial charge in [-0.3, -0.25) is 9.69 Å². The van der Waals surface area contributed by atoms with Gasteiger partial charge < -0.3 is 14.7 Å². The summed E-state index contributed by atoms with van der Waals surface area (Å²) in [5.74, 6) is 0.235. The number of ether oxygens (including phenoxy) is 1. The molecule has 0 aromatic heterocycles. The number of aliphatic hydroxyl groups excluding tert-OH is 1. The monoisotopic (exact) mass is 478 g/mol. The van der Waals surface area contributed by atoms with Crippen molar-refractivity contribution in [2.45, 2.75) is 19.0 Å². The minimum absolute atomic E-state index is 0. The quantitative estimate of drug-likeness (QED) is 0.656. The van der Waals surface area contributed by atoms with Crippen molar-refractivity contribution in [3.8, 4) is 5.75 Å². The molecular formula is C21H26Cl3FN2O3. The summed E-state index contributed by atoms with van der Waals surface area (Å²) in [5.41, 5.74) is 1.02. The van der Waals surface area contributed by atoms with Crippen LogP contribution in [-0.4, -0.2) is 59.7 Å². The normalized spacial score (nSPS) is 16.4. The number of halogens is 4. The second-order valence-electron chi connectivity index (χ2n) is 6.86. The third-order valence-corrected chi connectivity index (χ3v) is 5.10. The highest BCUT2D eigenvalue weighted by Gasteiger charge is 2.30. The summed E-state index contributed by atoms with van der Waals surface area (Å²) in [6.45, 7) is 2.58. The second kappa shape index (κ2) is 13.0. The number of rotatable bonds is 7. The van der Waals surface area contributed by atoms with Gasteiger partial charge in [-0.15, -0.1) is 24.8 Å². The first kappa shape index (κ1) is 26.5. The SMILES string of the molecule is Cl.Cl.O=C(COc1ccc(Cl)cc1)N1CCN(Cc2ccc(F)cc2)CC1CCO. The van der Waals surface area contributed by atoms with Crippen LogP contribution in [0.15, 0.2) is 48.5 Å². The largest absolute Gasteiger partial charge is 0.484 e. The van der Waals surface area contributed by atoms with Crippen LogP contribution in [-0.2, 0) is 11.3 Å². The number of nitrogens with zero attached hydrogens (tertiary/aromatic N) is 2. The molecule has 2 aromatic carbocycles. The van der Waals surface area contributed by atoms with E-state index in [0.29, 0.717) is 43.4 Å². The molecule has 0 radical (unpaired) electrons. The van der Waals surface area contributed by atoms with E-state index in [-0.39, 0.29) is 55.8 Å². The van der Waals surface area contributed by atoms with Crippen molar-refractivity contribution in [2.24, 2.45) is 0 Å². The third kappa shape index (κ3) is 7.60. The molecule has 1 aliphatic heterocycles. The first-order valence-corrected chi connectivity index (χ1v) is 9.68. The van der Waals surface area contributed by atoms with Crippen molar-refractivity contribution in [3.05, 3.63) is 64.9 Å². The van der Waals surface area contributed by atoms with Crippen molar-refractivity contribution in [2.75, 3.05) is 32.8 Å². The molecule has 9 heteroatoms. The van der Waals surface area contributed by atoms with Crippen molar-refractivity contribution in [3.63, 3.8) is 0 Å². The molecule has 1 unspecified atom stereocenters. The molecule has 166 valence electrons. The summed E-state index contributed by atoms with van der Waals surface area (Å²) in [4.78, 5) is 16.7. The molecule has 1 heterocycles. The Hall–Kier alpha value is -1.57. The molecule has 0 spiro atoms. The standard InChI is InChI=1S/C21H24ClFN2O3.2ClH/c22-17-3-7-20(8-4-17)28-15-21(27)25-11-10-24(14-19(25)9-12-26)13-16-1-5-18(23)6-2-16;;/h1-8,19,26H,9-15H2;2*1H. The molecule has 0 saturated carbocycles. The van der Waals surface area contributed by atoms with Crippen LogP contribution >= 0.6 is 36.4 Å². The van der Waals surface area contributed by atoms with Gasteiger partial charge in [0.05, 0.1) is 0 Å². The smallest absolute Gasteiger partial charge is 0.260 e. The second-order valence-corrected chi connectivity index (χ2v) is 7.29. The highest BCUT2D eigenvalue weighted by Crippen LogP contribution is 2.18. The molecule has 1 atom stereocenters. The van der Waals surface area contributed by atoms with E-state index in [1.54, 1.807) is 41.3 Å². The molecular weight excluding hydrogens is 454 g/mol. The van der Waals surface area contributed by atoms with Gasteiger partial charge in [-0.25, -0.2) is 4.39 Å². The number of aliphatic hydroxyl groups is 1. The molecule has 5 nitrogen and oxygen atoms in total. The van der Waals surface area contributed by atoms with Crippen LogP contribution < -0.4 is 4.74 Å². The highest BCUT2D eigenvalue weighted by molar-refractivity contribution is 6.30. The zero-order valence-electron chi connectivity index (χ0n) is 16.4. The summed E-state index contributed by atoms with van der Waals surface area (Å²) in [6.07, 6.45) is 0.507. The van der Waals surface area contributed by atoms with E-state index >= 15 is 0 Å². The van der Waals surface area contributed by atoms with Gasteiger partial charge in [0.25, 0.3) is 5.91 Å². The lowest BCUT2D eigenvalue weighted by atomic mass is 10.1. The predicted octanol–water partition coefficient (Wildman–Crippen LogP) is 3.80. The van der Waals surface area contributed by atoms with Crippen LogP contribution in [0.2, 0.25) is 5.02 Å². The van der Waals surface area contributed by atoms with Crippen molar-refractivity contribution in [1.82, 2.24) is 9.80 Å².